The molecular weight excluding hydrogens is 412 g/mol. The number of nitrogens with one attached hydrogen (secondary N) is 1. The van der Waals surface area contributed by atoms with Gasteiger partial charge in [-0.05, 0) is 43.3 Å². The van der Waals surface area contributed by atoms with Gasteiger partial charge in [0.25, 0.3) is 11.5 Å². The summed E-state index contributed by atoms with van der Waals surface area (Å²) in [5, 5.41) is 3.41. The fraction of sp³-hybridized carbons (Fsp3) is 0.0870. The average molecular weight is 430 g/mol. The molecule has 0 saturated carbocycles. The van der Waals surface area contributed by atoms with Crippen molar-refractivity contribution in [2.75, 3.05) is 5.32 Å². The van der Waals surface area contributed by atoms with E-state index in [2.05, 4.69) is 10.3 Å². The molecular formula is C23H18N4O3S. The molecule has 154 valence electrons. The third-order valence-electron chi connectivity index (χ3n) is 5.13. The molecule has 1 N–H and O–H groups in total. The molecule has 5 rings (SSSR count). The molecule has 0 radical (unpaired) electrons. The summed E-state index contributed by atoms with van der Waals surface area (Å²) in [7, 11) is 1.78. The van der Waals surface area contributed by atoms with Crippen molar-refractivity contribution in [2.24, 2.45) is 7.05 Å². The van der Waals surface area contributed by atoms with Gasteiger partial charge in [0.15, 0.2) is 16.5 Å². The normalized spacial score (nSPS) is 11.2. The van der Waals surface area contributed by atoms with Crippen LogP contribution in [0.4, 0.5) is 5.69 Å². The molecule has 5 aromatic rings. The first-order valence-corrected chi connectivity index (χ1v) is 10.5. The van der Waals surface area contributed by atoms with Crippen LogP contribution in [0.3, 0.4) is 0 Å². The van der Waals surface area contributed by atoms with Crippen molar-refractivity contribution in [3.8, 4) is 16.5 Å². The van der Waals surface area contributed by atoms with Gasteiger partial charge >= 0.3 is 0 Å². The number of amides is 1. The first kappa shape index (κ1) is 19.1. The summed E-state index contributed by atoms with van der Waals surface area (Å²) in [5.74, 6) is 0.138. The van der Waals surface area contributed by atoms with Crippen molar-refractivity contribution in [2.45, 2.75) is 6.92 Å². The molecule has 31 heavy (non-hydrogen) atoms. The van der Waals surface area contributed by atoms with Gasteiger partial charge in [-0.15, -0.1) is 11.3 Å². The molecule has 3 aromatic heterocycles. The van der Waals surface area contributed by atoms with Gasteiger partial charge in [-0.2, -0.15) is 0 Å². The minimum atomic E-state index is -0.488. The summed E-state index contributed by atoms with van der Waals surface area (Å²) in [6, 6.07) is 20.4. The highest BCUT2D eigenvalue weighted by atomic mass is 32.1. The SMILES string of the molecule is Cc1c(NC(=O)c2ccc(-c3nc4ccccc4s3)o2)c(=O)n(-c2ccccc2)n1C. The van der Waals surface area contributed by atoms with Gasteiger partial charge in [0.05, 0.1) is 21.6 Å². The molecule has 0 atom stereocenters. The maximum Gasteiger partial charge on any atom is 0.295 e. The van der Waals surface area contributed by atoms with Crippen molar-refractivity contribution >= 4 is 33.1 Å². The van der Waals surface area contributed by atoms with Crippen LogP contribution in [0.15, 0.2) is 75.9 Å². The Morgan fingerprint density at radius 3 is 2.55 bits per heavy atom. The highest BCUT2D eigenvalue weighted by Crippen LogP contribution is 2.31. The smallest absolute Gasteiger partial charge is 0.295 e. The van der Waals surface area contributed by atoms with Crippen molar-refractivity contribution in [3.63, 3.8) is 0 Å². The number of anilines is 1. The predicted octanol–water partition coefficient (Wildman–Crippen LogP) is 4.61. The largest absolute Gasteiger partial charge is 0.448 e. The van der Waals surface area contributed by atoms with Gasteiger partial charge in [0, 0.05) is 7.05 Å². The molecule has 2 aromatic carbocycles. The number of hydrogen-bond acceptors (Lipinski definition) is 5. The molecule has 0 aliphatic rings. The number of carbonyl (C=O) groups is 1. The molecule has 0 saturated heterocycles. The molecule has 1 amide bonds. The van der Waals surface area contributed by atoms with Gasteiger partial charge in [-0.3, -0.25) is 14.3 Å². The number of thiazole rings is 1. The zero-order valence-electron chi connectivity index (χ0n) is 16.8. The van der Waals surface area contributed by atoms with Crippen LogP contribution >= 0.6 is 11.3 Å². The van der Waals surface area contributed by atoms with Gasteiger partial charge in [0.2, 0.25) is 0 Å². The molecule has 7 nitrogen and oxygen atoms in total. The molecule has 0 spiro atoms. The summed E-state index contributed by atoms with van der Waals surface area (Å²) >= 11 is 1.49. The maximum absolute atomic E-state index is 13.0. The van der Waals surface area contributed by atoms with Gasteiger partial charge in [-0.25, -0.2) is 9.67 Å². The van der Waals surface area contributed by atoms with E-state index in [4.69, 9.17) is 4.42 Å². The lowest BCUT2D eigenvalue weighted by atomic mass is 10.3. The third kappa shape index (κ3) is 3.27. The van der Waals surface area contributed by atoms with E-state index in [0.717, 1.165) is 15.9 Å². The van der Waals surface area contributed by atoms with Crippen LogP contribution in [0.2, 0.25) is 0 Å². The molecule has 0 aliphatic heterocycles. The first-order chi connectivity index (χ1) is 15.0. The van der Waals surface area contributed by atoms with Crippen molar-refractivity contribution < 1.29 is 9.21 Å². The Balaban J connectivity index is 1.44. The quantitative estimate of drug-likeness (QED) is 0.452. The molecule has 3 heterocycles. The number of aromatic nitrogens is 3. The number of hydrogen-bond donors (Lipinski definition) is 1. The zero-order chi connectivity index (χ0) is 21.5. The lowest BCUT2D eigenvalue weighted by molar-refractivity contribution is 0.0997. The second-order valence-corrected chi connectivity index (χ2v) is 8.07. The fourth-order valence-corrected chi connectivity index (χ4v) is 4.37. The highest BCUT2D eigenvalue weighted by molar-refractivity contribution is 7.21. The summed E-state index contributed by atoms with van der Waals surface area (Å²) < 4.78 is 10.0. The van der Waals surface area contributed by atoms with E-state index in [1.165, 1.54) is 16.0 Å². The van der Waals surface area contributed by atoms with E-state index < -0.39 is 5.91 Å². The van der Waals surface area contributed by atoms with Gasteiger partial charge in [-0.1, -0.05) is 30.3 Å². The minimum absolute atomic E-state index is 0.114. The Kier molecular flexibility index (Phi) is 4.56. The monoisotopic (exact) mass is 430 g/mol. The number of rotatable bonds is 4. The minimum Gasteiger partial charge on any atom is -0.448 e. The Hall–Kier alpha value is -3.91. The number of benzene rings is 2. The molecule has 0 unspecified atom stereocenters. The Morgan fingerprint density at radius 1 is 1.03 bits per heavy atom. The number of carbonyl (C=O) groups excluding carboxylic acids is 1. The van der Waals surface area contributed by atoms with Crippen LogP contribution in [0.1, 0.15) is 16.2 Å². The number of nitrogens with zero attached hydrogens (tertiary/aromatic N) is 3. The summed E-state index contributed by atoms with van der Waals surface area (Å²) in [6.45, 7) is 1.78. The summed E-state index contributed by atoms with van der Waals surface area (Å²) in [6.07, 6.45) is 0. The first-order valence-electron chi connectivity index (χ1n) is 9.64. The highest BCUT2D eigenvalue weighted by Gasteiger charge is 2.21. The van der Waals surface area contributed by atoms with E-state index in [-0.39, 0.29) is 17.0 Å². The lowest BCUT2D eigenvalue weighted by Crippen LogP contribution is -2.22. The predicted molar refractivity (Wildman–Crippen MR) is 121 cm³/mol. The third-order valence-corrected chi connectivity index (χ3v) is 6.18. The van der Waals surface area contributed by atoms with Crippen LogP contribution in [-0.4, -0.2) is 20.3 Å². The van der Waals surface area contributed by atoms with Gasteiger partial charge < -0.3 is 9.73 Å². The van der Waals surface area contributed by atoms with E-state index >= 15 is 0 Å². The zero-order valence-corrected chi connectivity index (χ0v) is 17.6. The maximum atomic E-state index is 13.0. The Labute approximate surface area is 181 Å². The second-order valence-electron chi connectivity index (χ2n) is 7.04. The van der Waals surface area contributed by atoms with E-state index in [9.17, 15) is 9.59 Å². The van der Waals surface area contributed by atoms with E-state index in [1.54, 1.807) is 30.8 Å². The van der Waals surface area contributed by atoms with Crippen molar-refractivity contribution in [1.82, 2.24) is 14.3 Å². The Bertz CT molecular complexity index is 1440. The number of furan rings is 1. The Morgan fingerprint density at radius 2 is 1.77 bits per heavy atom. The van der Waals surface area contributed by atoms with Crippen LogP contribution in [0.5, 0.6) is 0 Å². The van der Waals surface area contributed by atoms with Crippen LogP contribution in [0.25, 0.3) is 26.7 Å². The van der Waals surface area contributed by atoms with Crippen molar-refractivity contribution in [1.29, 1.82) is 0 Å². The standard InChI is InChI=1S/C23H18N4O3S/c1-14-20(23(29)27(26(14)2)15-8-4-3-5-9-15)25-21(28)17-12-13-18(30-17)22-24-16-10-6-7-11-19(16)31-22/h3-13H,1-2H3,(H,25,28). The second kappa shape index (κ2) is 7.41. The topological polar surface area (TPSA) is 82.1 Å². The number of fused-ring (bicyclic) bond motifs is 1. The average Bonchev–Trinajstić information content (AvgIpc) is 3.48. The molecule has 0 fully saturated rings. The lowest BCUT2D eigenvalue weighted by Gasteiger charge is -2.07. The van der Waals surface area contributed by atoms with E-state index in [1.807, 2.05) is 54.6 Å². The van der Waals surface area contributed by atoms with Crippen molar-refractivity contribution in [3.05, 3.63) is 88.5 Å². The van der Waals surface area contributed by atoms with Crippen LogP contribution in [-0.2, 0) is 7.05 Å². The van der Waals surface area contributed by atoms with Crippen LogP contribution in [0, 0.1) is 6.92 Å². The molecule has 8 heteroatoms. The molecule has 0 bridgehead atoms. The molecule has 0 aliphatic carbocycles. The number of para-hydroxylation sites is 2. The fourth-order valence-electron chi connectivity index (χ4n) is 3.44. The van der Waals surface area contributed by atoms with Gasteiger partial charge in [0.1, 0.15) is 5.69 Å². The van der Waals surface area contributed by atoms with Crippen LogP contribution < -0.4 is 10.9 Å². The summed E-state index contributed by atoms with van der Waals surface area (Å²) in [4.78, 5) is 30.4. The van der Waals surface area contributed by atoms with E-state index in [0.29, 0.717) is 16.5 Å². The summed E-state index contributed by atoms with van der Waals surface area (Å²) in [5.41, 5.74) is 2.15.